The van der Waals surface area contributed by atoms with E-state index in [1.54, 1.807) is 6.07 Å². The molecule has 3 heterocycles. The summed E-state index contributed by atoms with van der Waals surface area (Å²) in [5.41, 5.74) is 2.55. The molecule has 36 heavy (non-hydrogen) atoms. The summed E-state index contributed by atoms with van der Waals surface area (Å²) in [5, 5.41) is 8.40. The monoisotopic (exact) mass is 527 g/mol. The molecule has 3 N–H and O–H groups in total. The lowest BCUT2D eigenvalue weighted by Gasteiger charge is -2.39. The average molecular weight is 528 g/mol. The fraction of sp³-hybridized carbons (Fsp3) is 0.519. The number of nitrogens with zero attached hydrogens (tertiary/aromatic N) is 2. The molecule has 2 aliphatic rings. The molecule has 5 rings (SSSR count). The van der Waals surface area contributed by atoms with Gasteiger partial charge in [0, 0.05) is 57.9 Å². The fourth-order valence-electron chi connectivity index (χ4n) is 5.21. The van der Waals surface area contributed by atoms with E-state index in [1.165, 1.54) is 16.2 Å². The van der Waals surface area contributed by atoms with Crippen LogP contribution in [-0.4, -0.2) is 50.8 Å². The molecule has 0 spiro atoms. The molecule has 1 saturated carbocycles. The van der Waals surface area contributed by atoms with Gasteiger partial charge in [-0.1, -0.05) is 31.4 Å². The highest BCUT2D eigenvalue weighted by molar-refractivity contribution is 7.13. The molecular formula is C27H34ClN5O2S. The first kappa shape index (κ1) is 25.2. The number of carbonyl (C=O) groups excluding carboxylic acids is 2. The quantitative estimate of drug-likeness (QED) is 0.406. The number of fused-ring (bicyclic) bond motifs is 2. The molecule has 2 atom stereocenters. The van der Waals surface area contributed by atoms with Crippen molar-refractivity contribution in [2.24, 2.45) is 0 Å². The molecule has 7 nitrogen and oxygen atoms in total. The third-order valence-electron chi connectivity index (χ3n) is 7.87. The maximum atomic E-state index is 13.2. The van der Waals surface area contributed by atoms with Crippen molar-refractivity contribution in [3.63, 3.8) is 0 Å². The lowest BCUT2D eigenvalue weighted by molar-refractivity contribution is 0.0860. The molecule has 1 aliphatic carbocycles. The Labute approximate surface area is 221 Å². The Kier molecular flexibility index (Phi) is 7.12. The largest absolute Gasteiger partial charge is 0.351 e. The number of halogens is 1. The van der Waals surface area contributed by atoms with Gasteiger partial charge >= 0.3 is 0 Å². The highest BCUT2D eigenvalue weighted by Gasteiger charge is 2.33. The number of nitrogens with one attached hydrogen (secondary N) is 3. The van der Waals surface area contributed by atoms with E-state index >= 15 is 0 Å². The Balaban J connectivity index is 1.25. The van der Waals surface area contributed by atoms with Gasteiger partial charge in [-0.25, -0.2) is 4.98 Å². The number of hydrogen-bond donors (Lipinski definition) is 3. The van der Waals surface area contributed by atoms with Gasteiger partial charge in [0.15, 0.2) is 5.01 Å². The Morgan fingerprint density at radius 3 is 2.61 bits per heavy atom. The van der Waals surface area contributed by atoms with E-state index in [-0.39, 0.29) is 29.4 Å². The number of aromatic amines is 1. The minimum Gasteiger partial charge on any atom is -0.351 e. The predicted octanol–water partition coefficient (Wildman–Crippen LogP) is 5.30. The predicted molar refractivity (Wildman–Crippen MR) is 145 cm³/mol. The van der Waals surface area contributed by atoms with Crippen LogP contribution in [0.25, 0.3) is 10.9 Å². The van der Waals surface area contributed by atoms with Gasteiger partial charge in [-0.05, 0) is 57.4 Å². The van der Waals surface area contributed by atoms with Crippen molar-refractivity contribution in [3.05, 3.63) is 50.6 Å². The molecule has 2 aromatic heterocycles. The third-order valence-corrected chi connectivity index (χ3v) is 9.19. The first-order chi connectivity index (χ1) is 17.2. The zero-order chi connectivity index (χ0) is 25.4. The molecule has 1 fully saturated rings. The highest BCUT2D eigenvalue weighted by Crippen LogP contribution is 2.31. The first-order valence-electron chi connectivity index (χ1n) is 12.9. The van der Waals surface area contributed by atoms with Crippen molar-refractivity contribution >= 4 is 45.7 Å². The number of benzene rings is 1. The number of rotatable bonds is 6. The minimum atomic E-state index is -0.170. The van der Waals surface area contributed by atoms with Crippen molar-refractivity contribution in [2.75, 3.05) is 6.54 Å². The maximum absolute atomic E-state index is 13.2. The fourth-order valence-corrected chi connectivity index (χ4v) is 6.42. The zero-order valence-corrected chi connectivity index (χ0v) is 22.7. The number of carbonyl (C=O) groups is 2. The van der Waals surface area contributed by atoms with Gasteiger partial charge in [-0.3, -0.25) is 14.5 Å². The first-order valence-corrected chi connectivity index (χ1v) is 14.1. The van der Waals surface area contributed by atoms with Crippen molar-refractivity contribution < 1.29 is 9.59 Å². The van der Waals surface area contributed by atoms with Gasteiger partial charge in [-0.2, -0.15) is 0 Å². The lowest BCUT2D eigenvalue weighted by atomic mass is 9.90. The zero-order valence-electron chi connectivity index (χ0n) is 21.1. The number of aromatic nitrogens is 2. The second-order valence-corrected chi connectivity index (χ2v) is 12.1. The van der Waals surface area contributed by atoms with Gasteiger partial charge in [0.25, 0.3) is 11.8 Å². The molecule has 0 unspecified atom stereocenters. The van der Waals surface area contributed by atoms with E-state index in [0.29, 0.717) is 15.7 Å². The van der Waals surface area contributed by atoms with Gasteiger partial charge in [0.05, 0.1) is 5.69 Å². The van der Waals surface area contributed by atoms with Crippen molar-refractivity contribution in [3.8, 4) is 0 Å². The Morgan fingerprint density at radius 2 is 1.89 bits per heavy atom. The molecule has 1 aromatic carbocycles. The molecule has 0 bridgehead atoms. The molecular weight excluding hydrogens is 494 g/mol. The summed E-state index contributed by atoms with van der Waals surface area (Å²) < 4.78 is 0. The number of hydrogen-bond acceptors (Lipinski definition) is 5. The third kappa shape index (κ3) is 5.17. The Hall–Kier alpha value is -2.42. The summed E-state index contributed by atoms with van der Waals surface area (Å²) in [6.07, 6.45) is 5.67. The minimum absolute atomic E-state index is 0.120. The molecule has 2 amide bonds. The van der Waals surface area contributed by atoms with Crippen LogP contribution in [0.3, 0.4) is 0 Å². The standard InChI is InChI=1S/C27H34ClN5O2S/c1-4-27(2,3)33-12-11-21-23(15-33)36-26(32-21)25(35)31-20-8-6-5-7-19(20)30-24(34)22-14-16-13-17(28)9-10-18(16)29-22/h9-10,13-14,19-20,29H,4-8,11-12,15H2,1-3H3,(H,30,34)(H,31,35)/t19-,20+/m0/s1. The van der Waals surface area contributed by atoms with Crippen molar-refractivity contribution in [1.29, 1.82) is 0 Å². The van der Waals surface area contributed by atoms with E-state index in [1.807, 2.05) is 18.2 Å². The summed E-state index contributed by atoms with van der Waals surface area (Å²) >= 11 is 7.60. The van der Waals surface area contributed by atoms with Crippen LogP contribution in [0.5, 0.6) is 0 Å². The van der Waals surface area contributed by atoms with Crippen LogP contribution >= 0.6 is 22.9 Å². The van der Waals surface area contributed by atoms with E-state index in [4.69, 9.17) is 16.6 Å². The summed E-state index contributed by atoms with van der Waals surface area (Å²) in [5.74, 6) is -0.307. The van der Waals surface area contributed by atoms with Crippen LogP contribution in [0.4, 0.5) is 0 Å². The van der Waals surface area contributed by atoms with E-state index in [0.717, 1.165) is 68.2 Å². The highest BCUT2D eigenvalue weighted by atomic mass is 35.5. The summed E-state index contributed by atoms with van der Waals surface area (Å²) in [7, 11) is 0. The summed E-state index contributed by atoms with van der Waals surface area (Å²) in [4.78, 5) is 37.8. The maximum Gasteiger partial charge on any atom is 0.280 e. The van der Waals surface area contributed by atoms with Crippen molar-refractivity contribution in [2.45, 2.75) is 83.5 Å². The van der Waals surface area contributed by atoms with Crippen LogP contribution in [0, 0.1) is 0 Å². The number of amides is 2. The van der Waals surface area contributed by atoms with E-state index in [2.05, 4.69) is 41.3 Å². The normalized spacial score (nSPS) is 20.8. The van der Waals surface area contributed by atoms with Crippen molar-refractivity contribution in [1.82, 2.24) is 25.5 Å². The number of thiazole rings is 1. The Morgan fingerprint density at radius 1 is 1.17 bits per heavy atom. The molecule has 0 saturated heterocycles. The lowest BCUT2D eigenvalue weighted by Crippen LogP contribution is -2.53. The summed E-state index contributed by atoms with van der Waals surface area (Å²) in [6, 6.07) is 7.08. The smallest absolute Gasteiger partial charge is 0.280 e. The molecule has 192 valence electrons. The molecule has 0 radical (unpaired) electrons. The van der Waals surface area contributed by atoms with E-state index < -0.39 is 0 Å². The SMILES string of the molecule is CCC(C)(C)N1CCc2nc(C(=O)N[C@@H]3CCCC[C@@H]3NC(=O)c3cc4cc(Cl)ccc4[nH]3)sc2C1. The van der Waals surface area contributed by atoms with Crippen LogP contribution in [0.1, 0.15) is 83.7 Å². The number of H-pyrrole nitrogens is 1. The van der Waals surface area contributed by atoms with Gasteiger partial charge in [0.1, 0.15) is 5.69 Å². The molecule has 9 heteroatoms. The topological polar surface area (TPSA) is 90.1 Å². The van der Waals surface area contributed by atoms with Crippen LogP contribution in [0.2, 0.25) is 5.02 Å². The Bertz CT molecular complexity index is 1280. The van der Waals surface area contributed by atoms with Crippen LogP contribution < -0.4 is 10.6 Å². The second-order valence-electron chi connectivity index (χ2n) is 10.6. The van der Waals surface area contributed by atoms with Gasteiger partial charge in [0.2, 0.25) is 0 Å². The second kappa shape index (κ2) is 10.1. The van der Waals surface area contributed by atoms with E-state index in [9.17, 15) is 9.59 Å². The van der Waals surface area contributed by atoms with Gasteiger partial charge in [-0.15, -0.1) is 11.3 Å². The van der Waals surface area contributed by atoms with Crippen LogP contribution in [-0.2, 0) is 13.0 Å². The van der Waals surface area contributed by atoms with Crippen LogP contribution in [0.15, 0.2) is 24.3 Å². The molecule has 1 aliphatic heterocycles. The van der Waals surface area contributed by atoms with Gasteiger partial charge < -0.3 is 15.6 Å². The average Bonchev–Trinajstić information content (AvgIpc) is 3.48. The molecule has 3 aromatic rings. The summed E-state index contributed by atoms with van der Waals surface area (Å²) in [6.45, 7) is 8.58.